The molecule has 0 bridgehead atoms. The summed E-state index contributed by atoms with van der Waals surface area (Å²) in [7, 11) is -1.46. The molecule has 0 unspecified atom stereocenters. The Morgan fingerprint density at radius 2 is 1.60 bits per heavy atom. The SMILES string of the molecule is CC[Si](C#Cc1cc(C(C)(C)C)ccc1O)(CC)CC. The Labute approximate surface area is 125 Å². The maximum Gasteiger partial charge on any atom is 0.138 e. The lowest BCUT2D eigenvalue weighted by Gasteiger charge is -2.21. The fraction of sp³-hybridized carbons (Fsp3) is 0.556. The summed E-state index contributed by atoms with van der Waals surface area (Å²) < 4.78 is 0. The third-order valence-electron chi connectivity index (χ3n) is 4.36. The molecule has 1 N–H and O–H groups in total. The van der Waals surface area contributed by atoms with Crippen LogP contribution in [0.15, 0.2) is 18.2 Å². The molecule has 0 saturated carbocycles. The van der Waals surface area contributed by atoms with Gasteiger partial charge in [0.15, 0.2) is 0 Å². The second-order valence-corrected chi connectivity index (χ2v) is 11.5. The second kappa shape index (κ2) is 6.50. The largest absolute Gasteiger partial charge is 0.507 e. The van der Waals surface area contributed by atoms with Crippen LogP contribution in [0.3, 0.4) is 0 Å². The first-order valence-electron chi connectivity index (χ1n) is 7.64. The van der Waals surface area contributed by atoms with E-state index in [2.05, 4.69) is 53.0 Å². The van der Waals surface area contributed by atoms with E-state index in [1.807, 2.05) is 12.1 Å². The van der Waals surface area contributed by atoms with E-state index in [1.165, 1.54) is 23.7 Å². The highest BCUT2D eigenvalue weighted by Gasteiger charge is 2.24. The lowest BCUT2D eigenvalue weighted by molar-refractivity contribution is 0.472. The van der Waals surface area contributed by atoms with Crippen LogP contribution in [0.2, 0.25) is 18.1 Å². The second-order valence-electron chi connectivity index (χ2n) is 6.57. The van der Waals surface area contributed by atoms with Crippen molar-refractivity contribution in [2.75, 3.05) is 0 Å². The Hall–Kier alpha value is -1.20. The number of phenolic OH excluding ortho intramolecular Hbond substituents is 1. The van der Waals surface area contributed by atoms with Crippen molar-refractivity contribution in [1.29, 1.82) is 0 Å². The van der Waals surface area contributed by atoms with Crippen LogP contribution < -0.4 is 0 Å². The van der Waals surface area contributed by atoms with E-state index < -0.39 is 8.07 Å². The highest BCUT2D eigenvalue weighted by atomic mass is 28.3. The summed E-state index contributed by atoms with van der Waals surface area (Å²) in [5.41, 5.74) is 5.63. The van der Waals surface area contributed by atoms with Gasteiger partial charge < -0.3 is 5.11 Å². The van der Waals surface area contributed by atoms with Crippen molar-refractivity contribution in [3.63, 3.8) is 0 Å². The zero-order valence-electron chi connectivity index (χ0n) is 13.8. The van der Waals surface area contributed by atoms with Crippen molar-refractivity contribution < 1.29 is 5.11 Å². The van der Waals surface area contributed by atoms with Crippen molar-refractivity contribution in [1.82, 2.24) is 0 Å². The molecule has 0 atom stereocenters. The number of aromatic hydroxyl groups is 1. The van der Waals surface area contributed by atoms with Crippen LogP contribution in [0.1, 0.15) is 52.7 Å². The summed E-state index contributed by atoms with van der Waals surface area (Å²) in [6.07, 6.45) is 0. The molecule has 0 amide bonds. The lowest BCUT2D eigenvalue weighted by Crippen LogP contribution is -2.29. The molecule has 20 heavy (non-hydrogen) atoms. The van der Waals surface area contributed by atoms with Gasteiger partial charge in [-0.25, -0.2) is 0 Å². The van der Waals surface area contributed by atoms with Gasteiger partial charge in [0.25, 0.3) is 0 Å². The van der Waals surface area contributed by atoms with E-state index in [-0.39, 0.29) is 5.41 Å². The molecule has 0 radical (unpaired) electrons. The quantitative estimate of drug-likeness (QED) is 0.607. The minimum Gasteiger partial charge on any atom is -0.507 e. The molecule has 1 aromatic carbocycles. The maximum atomic E-state index is 10.0. The van der Waals surface area contributed by atoms with E-state index in [1.54, 1.807) is 6.07 Å². The fourth-order valence-corrected chi connectivity index (χ4v) is 4.75. The van der Waals surface area contributed by atoms with E-state index in [9.17, 15) is 5.11 Å². The van der Waals surface area contributed by atoms with Crippen LogP contribution in [-0.4, -0.2) is 13.2 Å². The predicted molar refractivity (Wildman–Crippen MR) is 90.9 cm³/mol. The van der Waals surface area contributed by atoms with Gasteiger partial charge in [0, 0.05) is 0 Å². The number of phenols is 1. The zero-order valence-corrected chi connectivity index (χ0v) is 14.8. The molecule has 0 aliphatic carbocycles. The first kappa shape index (κ1) is 16.9. The van der Waals surface area contributed by atoms with Crippen LogP contribution in [-0.2, 0) is 5.41 Å². The van der Waals surface area contributed by atoms with Crippen molar-refractivity contribution in [2.45, 2.75) is 65.1 Å². The molecule has 0 saturated heterocycles. The third-order valence-corrected chi connectivity index (χ3v) is 9.07. The van der Waals surface area contributed by atoms with Gasteiger partial charge >= 0.3 is 0 Å². The summed E-state index contributed by atoms with van der Waals surface area (Å²) in [5.74, 6) is 3.58. The topological polar surface area (TPSA) is 20.2 Å². The van der Waals surface area contributed by atoms with Gasteiger partial charge in [0.05, 0.1) is 5.56 Å². The number of hydrogen-bond acceptors (Lipinski definition) is 1. The fourth-order valence-electron chi connectivity index (χ4n) is 2.32. The Morgan fingerprint density at radius 1 is 1.05 bits per heavy atom. The minimum absolute atomic E-state index is 0.0823. The van der Waals surface area contributed by atoms with Crippen LogP contribution in [0.5, 0.6) is 5.75 Å². The first-order valence-corrected chi connectivity index (χ1v) is 10.3. The van der Waals surface area contributed by atoms with Crippen molar-refractivity contribution in [3.8, 4) is 17.2 Å². The summed E-state index contributed by atoms with van der Waals surface area (Å²) >= 11 is 0. The van der Waals surface area contributed by atoms with E-state index >= 15 is 0 Å². The molecule has 0 aliphatic rings. The van der Waals surface area contributed by atoms with Gasteiger partial charge in [0.1, 0.15) is 13.8 Å². The van der Waals surface area contributed by atoms with Gasteiger partial charge in [-0.1, -0.05) is 53.5 Å². The highest BCUT2D eigenvalue weighted by Crippen LogP contribution is 2.27. The number of rotatable bonds is 3. The summed E-state index contributed by atoms with van der Waals surface area (Å²) in [6, 6.07) is 9.37. The van der Waals surface area contributed by atoms with Gasteiger partial charge in [-0.3, -0.25) is 0 Å². The van der Waals surface area contributed by atoms with Gasteiger partial charge in [-0.2, -0.15) is 0 Å². The lowest BCUT2D eigenvalue weighted by atomic mass is 9.86. The number of benzene rings is 1. The molecule has 1 aromatic rings. The molecule has 0 aromatic heterocycles. The predicted octanol–water partition coefficient (Wildman–Crippen LogP) is 5.09. The van der Waals surface area contributed by atoms with E-state index in [4.69, 9.17) is 0 Å². The average molecular weight is 289 g/mol. The summed E-state index contributed by atoms with van der Waals surface area (Å²) in [5, 5.41) is 10.0. The molecule has 0 fully saturated rings. The van der Waals surface area contributed by atoms with Crippen LogP contribution in [0, 0.1) is 11.5 Å². The number of hydrogen-bond donors (Lipinski definition) is 1. The smallest absolute Gasteiger partial charge is 0.138 e. The minimum atomic E-state index is -1.46. The molecular weight excluding hydrogens is 260 g/mol. The molecule has 1 nitrogen and oxygen atoms in total. The van der Waals surface area contributed by atoms with E-state index in [0.717, 1.165) is 5.56 Å². The molecule has 0 spiro atoms. The first-order chi connectivity index (χ1) is 9.28. The molecule has 2 heteroatoms. The third kappa shape index (κ3) is 3.90. The molecule has 0 heterocycles. The Bertz CT molecular complexity index is 502. The Kier molecular flexibility index (Phi) is 5.47. The van der Waals surface area contributed by atoms with Crippen molar-refractivity contribution in [3.05, 3.63) is 29.3 Å². The molecule has 0 aliphatic heterocycles. The maximum absolute atomic E-state index is 10.0. The van der Waals surface area contributed by atoms with Gasteiger partial charge in [-0.05, 0) is 41.2 Å². The van der Waals surface area contributed by atoms with Crippen LogP contribution in [0.25, 0.3) is 0 Å². The Balaban J connectivity index is 3.22. The summed E-state index contributed by atoms with van der Waals surface area (Å²) in [6.45, 7) is 13.3. The van der Waals surface area contributed by atoms with E-state index in [0.29, 0.717) is 5.75 Å². The highest BCUT2D eigenvalue weighted by molar-refractivity contribution is 6.87. The van der Waals surface area contributed by atoms with Gasteiger partial charge in [-0.15, -0.1) is 5.54 Å². The van der Waals surface area contributed by atoms with Gasteiger partial charge in [0.2, 0.25) is 0 Å². The van der Waals surface area contributed by atoms with Crippen molar-refractivity contribution in [2.24, 2.45) is 0 Å². The molecular formula is C18H28OSi. The standard InChI is InChI=1S/C18H28OSi/c1-7-20(8-2,9-3)13-12-15-14-16(18(4,5)6)10-11-17(15)19/h10-11,14,19H,7-9H2,1-6H3. The van der Waals surface area contributed by atoms with Crippen molar-refractivity contribution >= 4 is 8.07 Å². The van der Waals surface area contributed by atoms with Crippen LogP contribution >= 0.6 is 0 Å². The molecule has 110 valence electrons. The summed E-state index contributed by atoms with van der Waals surface area (Å²) in [4.78, 5) is 0. The molecule has 1 rings (SSSR count). The average Bonchev–Trinajstić information content (AvgIpc) is 2.41. The normalized spacial score (nSPS) is 11.9. The monoisotopic (exact) mass is 288 g/mol. The Morgan fingerprint density at radius 3 is 2.05 bits per heavy atom. The zero-order chi connectivity index (χ0) is 15.4. The van der Waals surface area contributed by atoms with Crippen LogP contribution in [0.4, 0.5) is 0 Å².